The topological polar surface area (TPSA) is 99.7 Å². The van der Waals surface area contributed by atoms with Gasteiger partial charge in [-0.3, -0.25) is 9.59 Å². The lowest BCUT2D eigenvalue weighted by Crippen LogP contribution is -2.49. The molecule has 10 heteroatoms. The maximum absolute atomic E-state index is 12.4. The quantitative estimate of drug-likeness (QED) is 0.775. The van der Waals surface area contributed by atoms with Crippen molar-refractivity contribution in [2.24, 2.45) is 5.92 Å². The molecular weight excluding hydrogens is 340 g/mol. The van der Waals surface area contributed by atoms with Crippen LogP contribution in [0.4, 0.5) is 0 Å². The molecule has 8 nitrogen and oxygen atoms in total. The van der Waals surface area contributed by atoms with Crippen LogP contribution in [0.2, 0.25) is 0 Å². The molecule has 0 saturated carbocycles. The normalized spacial score (nSPS) is 27.9. The van der Waals surface area contributed by atoms with Gasteiger partial charge in [-0.1, -0.05) is 0 Å². The molecule has 0 aromatic carbocycles. The van der Waals surface area contributed by atoms with E-state index in [0.717, 1.165) is 6.26 Å². The molecule has 0 spiro atoms. The molecule has 23 heavy (non-hydrogen) atoms. The second-order valence-corrected chi connectivity index (χ2v) is 8.48. The van der Waals surface area contributed by atoms with Crippen LogP contribution in [-0.2, 0) is 14.8 Å². The van der Waals surface area contributed by atoms with Gasteiger partial charge in [0.15, 0.2) is 0 Å². The Kier molecular flexibility index (Phi) is 4.15. The van der Waals surface area contributed by atoms with Gasteiger partial charge in [0.25, 0.3) is 5.91 Å². The summed E-state index contributed by atoms with van der Waals surface area (Å²) in [5.74, 6) is -0.526. The minimum atomic E-state index is -3.54. The van der Waals surface area contributed by atoms with Crippen LogP contribution in [0, 0.1) is 5.92 Å². The third-order valence-electron chi connectivity index (χ3n) is 4.44. The van der Waals surface area contributed by atoms with Gasteiger partial charge in [-0.15, -0.1) is 11.3 Å². The van der Waals surface area contributed by atoms with E-state index in [1.165, 1.54) is 22.7 Å². The summed E-state index contributed by atoms with van der Waals surface area (Å²) in [4.78, 5) is 30.0. The van der Waals surface area contributed by atoms with Gasteiger partial charge in [0, 0.05) is 31.6 Å². The lowest BCUT2D eigenvalue weighted by Gasteiger charge is -2.27. The van der Waals surface area contributed by atoms with Crippen LogP contribution in [0.1, 0.15) is 16.9 Å². The maximum Gasteiger partial charge on any atom is 0.273 e. The number of thiazole rings is 1. The van der Waals surface area contributed by atoms with Crippen molar-refractivity contribution in [2.45, 2.75) is 18.5 Å². The first-order valence-corrected chi connectivity index (χ1v) is 9.99. The van der Waals surface area contributed by atoms with E-state index in [1.807, 2.05) is 0 Å². The molecule has 2 aliphatic heterocycles. The fourth-order valence-corrected chi connectivity index (χ4v) is 5.41. The lowest BCUT2D eigenvalue weighted by molar-refractivity contribution is -0.124. The van der Waals surface area contributed by atoms with Crippen molar-refractivity contribution >= 4 is 33.2 Å². The number of likely N-dealkylation sites (N-methyl/N-ethyl adjacent to an activating group) is 1. The monoisotopic (exact) mass is 358 g/mol. The standard InChI is InChI=1S/C13H18N4O4S2/c1-14-12(18)10-3-8-4-16(13(19)9-6-22-7-15-9)5-11(8)17(10)23(2,20)21/h6-8,10-11H,3-5H2,1-2H3,(H,14,18)/t8-,10-,11+/m0/s1. The summed E-state index contributed by atoms with van der Waals surface area (Å²) < 4.78 is 25.6. The van der Waals surface area contributed by atoms with Gasteiger partial charge >= 0.3 is 0 Å². The van der Waals surface area contributed by atoms with Gasteiger partial charge in [-0.2, -0.15) is 4.31 Å². The first-order chi connectivity index (χ1) is 10.8. The number of carbonyl (C=O) groups excluding carboxylic acids is 2. The van der Waals surface area contributed by atoms with E-state index in [0.29, 0.717) is 25.2 Å². The van der Waals surface area contributed by atoms with Gasteiger partial charge in [-0.05, 0) is 12.3 Å². The third kappa shape index (κ3) is 2.86. The average molecular weight is 358 g/mol. The summed E-state index contributed by atoms with van der Waals surface area (Å²) in [6, 6.07) is -1.04. The van der Waals surface area contributed by atoms with Crippen molar-refractivity contribution in [1.29, 1.82) is 0 Å². The number of aromatic nitrogens is 1. The molecule has 0 aliphatic carbocycles. The van der Waals surface area contributed by atoms with E-state index >= 15 is 0 Å². The van der Waals surface area contributed by atoms with Gasteiger partial charge < -0.3 is 10.2 Å². The molecule has 3 atom stereocenters. The Morgan fingerprint density at radius 3 is 2.70 bits per heavy atom. The van der Waals surface area contributed by atoms with Crippen LogP contribution in [-0.4, -0.2) is 72.9 Å². The average Bonchev–Trinajstić information content (AvgIpc) is 3.18. The number of nitrogens with zero attached hydrogens (tertiary/aromatic N) is 3. The van der Waals surface area contributed by atoms with Crippen molar-refractivity contribution < 1.29 is 18.0 Å². The molecule has 126 valence electrons. The van der Waals surface area contributed by atoms with E-state index in [-0.39, 0.29) is 23.8 Å². The summed E-state index contributed by atoms with van der Waals surface area (Å²) in [6.45, 7) is 0.738. The van der Waals surface area contributed by atoms with Gasteiger partial charge in [-0.25, -0.2) is 13.4 Å². The van der Waals surface area contributed by atoms with Crippen molar-refractivity contribution in [3.63, 3.8) is 0 Å². The Morgan fingerprint density at radius 2 is 2.13 bits per heavy atom. The third-order valence-corrected chi connectivity index (χ3v) is 6.31. The predicted octanol–water partition coefficient (Wildman–Crippen LogP) is -0.636. The Labute approximate surface area is 138 Å². The van der Waals surface area contributed by atoms with Crippen LogP contribution in [0.3, 0.4) is 0 Å². The number of likely N-dealkylation sites (tertiary alicyclic amines) is 1. The van der Waals surface area contributed by atoms with Crippen LogP contribution in [0.15, 0.2) is 10.9 Å². The largest absolute Gasteiger partial charge is 0.358 e. The highest BCUT2D eigenvalue weighted by molar-refractivity contribution is 7.88. The van der Waals surface area contributed by atoms with Crippen LogP contribution in [0.25, 0.3) is 0 Å². The van der Waals surface area contributed by atoms with Crippen molar-refractivity contribution in [1.82, 2.24) is 19.5 Å². The van der Waals surface area contributed by atoms with Gasteiger partial charge in [0.1, 0.15) is 11.7 Å². The highest BCUT2D eigenvalue weighted by atomic mass is 32.2. The number of carbonyl (C=O) groups is 2. The SMILES string of the molecule is CNC(=O)[C@@H]1C[C@H]2CN(C(=O)c3cscn3)C[C@H]2N1S(C)(=O)=O. The summed E-state index contributed by atoms with van der Waals surface area (Å²) in [6.07, 6.45) is 1.54. The van der Waals surface area contributed by atoms with Crippen molar-refractivity contribution in [3.05, 3.63) is 16.6 Å². The molecule has 2 amide bonds. The minimum Gasteiger partial charge on any atom is -0.358 e. The Hall–Kier alpha value is -1.52. The number of rotatable bonds is 3. The molecule has 1 aromatic rings. The molecule has 1 aromatic heterocycles. The molecule has 0 unspecified atom stereocenters. The Morgan fingerprint density at radius 1 is 1.39 bits per heavy atom. The number of hydrogen-bond donors (Lipinski definition) is 1. The van der Waals surface area contributed by atoms with Gasteiger partial charge in [0.2, 0.25) is 15.9 Å². The molecule has 2 aliphatic rings. The van der Waals surface area contributed by atoms with Crippen LogP contribution >= 0.6 is 11.3 Å². The van der Waals surface area contributed by atoms with Crippen LogP contribution in [0.5, 0.6) is 0 Å². The number of nitrogens with one attached hydrogen (secondary N) is 1. The number of fused-ring (bicyclic) bond motifs is 1. The Balaban J connectivity index is 1.82. The highest BCUT2D eigenvalue weighted by Gasteiger charge is 2.53. The first-order valence-electron chi connectivity index (χ1n) is 7.20. The highest BCUT2D eigenvalue weighted by Crippen LogP contribution is 2.37. The van der Waals surface area contributed by atoms with E-state index in [4.69, 9.17) is 0 Å². The second-order valence-electron chi connectivity index (χ2n) is 5.87. The zero-order valence-electron chi connectivity index (χ0n) is 12.8. The zero-order chi connectivity index (χ0) is 16.8. The smallest absolute Gasteiger partial charge is 0.273 e. The first kappa shape index (κ1) is 16.3. The number of amides is 2. The minimum absolute atomic E-state index is 0.0328. The predicted molar refractivity (Wildman–Crippen MR) is 84.5 cm³/mol. The summed E-state index contributed by atoms with van der Waals surface area (Å²) in [5.41, 5.74) is 1.97. The molecule has 1 N–H and O–H groups in total. The van der Waals surface area contributed by atoms with E-state index in [1.54, 1.807) is 15.8 Å². The molecule has 2 fully saturated rings. The summed E-state index contributed by atoms with van der Waals surface area (Å²) >= 11 is 1.34. The van der Waals surface area contributed by atoms with Crippen LogP contribution < -0.4 is 5.32 Å². The molecule has 2 saturated heterocycles. The second kappa shape index (κ2) is 5.84. The maximum atomic E-state index is 12.4. The van der Waals surface area contributed by atoms with E-state index in [9.17, 15) is 18.0 Å². The van der Waals surface area contributed by atoms with Crippen molar-refractivity contribution in [3.8, 4) is 0 Å². The Bertz CT molecular complexity index is 718. The number of sulfonamides is 1. The fourth-order valence-electron chi connectivity index (χ4n) is 3.51. The molecule has 0 radical (unpaired) electrons. The molecule has 3 rings (SSSR count). The summed E-state index contributed by atoms with van der Waals surface area (Å²) in [5, 5.41) is 4.20. The number of hydrogen-bond acceptors (Lipinski definition) is 6. The van der Waals surface area contributed by atoms with E-state index in [2.05, 4.69) is 10.3 Å². The zero-order valence-corrected chi connectivity index (χ0v) is 14.4. The fraction of sp³-hybridized carbons (Fsp3) is 0.615. The van der Waals surface area contributed by atoms with Gasteiger partial charge in [0.05, 0.1) is 11.8 Å². The van der Waals surface area contributed by atoms with E-state index < -0.39 is 16.1 Å². The molecular formula is C13H18N4O4S2. The molecule has 0 bridgehead atoms. The van der Waals surface area contributed by atoms with Crippen molar-refractivity contribution in [2.75, 3.05) is 26.4 Å². The summed E-state index contributed by atoms with van der Waals surface area (Å²) in [7, 11) is -2.05. The molecule has 3 heterocycles. The lowest BCUT2D eigenvalue weighted by atomic mass is 10.0.